The first-order valence-corrected chi connectivity index (χ1v) is 10.0. The highest BCUT2D eigenvalue weighted by Crippen LogP contribution is 2.34. The van der Waals surface area contributed by atoms with E-state index in [4.69, 9.17) is 16.3 Å². The van der Waals surface area contributed by atoms with Crippen molar-refractivity contribution in [2.75, 3.05) is 13.7 Å². The predicted octanol–water partition coefficient (Wildman–Crippen LogP) is 6.09. The average Bonchev–Trinajstić information content (AvgIpc) is 2.61. The van der Waals surface area contributed by atoms with Gasteiger partial charge in [-0.05, 0) is 44.9 Å². The van der Waals surface area contributed by atoms with Gasteiger partial charge in [-0.15, -0.1) is 0 Å². The summed E-state index contributed by atoms with van der Waals surface area (Å²) in [5.74, 6) is 0. The van der Waals surface area contributed by atoms with E-state index >= 15 is 0 Å². The fourth-order valence-electron chi connectivity index (χ4n) is 3.29. The third-order valence-electron chi connectivity index (χ3n) is 4.71. The van der Waals surface area contributed by atoms with Crippen molar-refractivity contribution in [3.63, 3.8) is 0 Å². The zero-order valence-electron chi connectivity index (χ0n) is 16.2. The molecule has 0 fully saturated rings. The summed E-state index contributed by atoms with van der Waals surface area (Å²) in [7, 11) is 1.34. The minimum atomic E-state index is -4.35. The summed E-state index contributed by atoms with van der Waals surface area (Å²) in [5.41, 5.74) is 0.973. The van der Waals surface area contributed by atoms with E-state index in [9.17, 15) is 18.0 Å². The van der Waals surface area contributed by atoms with Crippen LogP contribution in [0.1, 0.15) is 71.1 Å². The fourth-order valence-corrected chi connectivity index (χ4v) is 3.65. The number of alkyl halides is 3. The lowest BCUT2D eigenvalue weighted by Gasteiger charge is -2.26. The first-order valence-electron chi connectivity index (χ1n) is 9.67. The SMILES string of the molecule is CCCCCC(CCCC1=C(Cl)C(OCC(F)(F)F)CCC1)NC(=O)OC. The molecule has 27 heavy (non-hydrogen) atoms. The minimum absolute atomic E-state index is 0.0317. The maximum Gasteiger partial charge on any atom is 0.411 e. The monoisotopic (exact) mass is 413 g/mol. The van der Waals surface area contributed by atoms with E-state index in [1.54, 1.807) is 0 Å². The number of halogens is 4. The molecule has 0 aliphatic heterocycles. The van der Waals surface area contributed by atoms with Gasteiger partial charge in [0.25, 0.3) is 0 Å². The van der Waals surface area contributed by atoms with Gasteiger partial charge in [-0.2, -0.15) is 13.2 Å². The molecule has 0 radical (unpaired) electrons. The van der Waals surface area contributed by atoms with Gasteiger partial charge in [0, 0.05) is 11.1 Å². The number of ether oxygens (including phenoxy) is 2. The number of hydrogen-bond donors (Lipinski definition) is 1. The van der Waals surface area contributed by atoms with Crippen LogP contribution < -0.4 is 5.32 Å². The molecule has 8 heteroatoms. The lowest BCUT2D eigenvalue weighted by molar-refractivity contribution is -0.182. The van der Waals surface area contributed by atoms with E-state index in [1.165, 1.54) is 7.11 Å². The number of hydrogen-bond acceptors (Lipinski definition) is 3. The van der Waals surface area contributed by atoms with Gasteiger partial charge in [0.2, 0.25) is 0 Å². The molecule has 1 rings (SSSR count). The second kappa shape index (κ2) is 12.5. The number of unbranched alkanes of at least 4 members (excludes halogenated alkanes) is 2. The van der Waals surface area contributed by atoms with Crippen LogP contribution in [0.3, 0.4) is 0 Å². The zero-order valence-corrected chi connectivity index (χ0v) is 16.9. The number of methoxy groups -OCH3 is 1. The van der Waals surface area contributed by atoms with Crippen molar-refractivity contribution in [3.8, 4) is 0 Å². The Morgan fingerprint density at radius 3 is 2.63 bits per heavy atom. The molecule has 0 aromatic rings. The maximum absolute atomic E-state index is 12.4. The molecular weight excluding hydrogens is 383 g/mol. The first-order chi connectivity index (χ1) is 12.8. The van der Waals surface area contributed by atoms with Gasteiger partial charge in [-0.25, -0.2) is 4.79 Å². The van der Waals surface area contributed by atoms with E-state index in [1.807, 2.05) is 0 Å². The summed E-state index contributed by atoms with van der Waals surface area (Å²) in [5, 5.41) is 3.29. The maximum atomic E-state index is 12.4. The Hall–Kier alpha value is -0.950. The van der Waals surface area contributed by atoms with Crippen LogP contribution in [0.4, 0.5) is 18.0 Å². The number of nitrogens with one attached hydrogen (secondary N) is 1. The van der Waals surface area contributed by atoms with E-state index in [0.29, 0.717) is 17.9 Å². The molecule has 2 unspecified atom stereocenters. The average molecular weight is 414 g/mol. The topological polar surface area (TPSA) is 47.6 Å². The van der Waals surface area contributed by atoms with Gasteiger partial charge in [0.05, 0.1) is 13.2 Å². The van der Waals surface area contributed by atoms with Crippen LogP contribution in [0.15, 0.2) is 10.6 Å². The Bertz CT molecular complexity index is 483. The third-order valence-corrected chi connectivity index (χ3v) is 5.22. The summed E-state index contributed by atoms with van der Waals surface area (Å²) < 4.78 is 46.7. The highest BCUT2D eigenvalue weighted by Gasteiger charge is 2.31. The molecule has 0 saturated heterocycles. The number of amides is 1. The second-order valence-corrected chi connectivity index (χ2v) is 7.39. The Balaban J connectivity index is 2.52. The van der Waals surface area contributed by atoms with Crippen LogP contribution in [0.25, 0.3) is 0 Å². The fraction of sp³-hybridized carbons (Fsp3) is 0.842. The molecule has 0 aromatic heterocycles. The first kappa shape index (κ1) is 24.1. The lowest BCUT2D eigenvalue weighted by Crippen LogP contribution is -2.34. The summed E-state index contributed by atoms with van der Waals surface area (Å²) in [6.45, 7) is 0.848. The molecule has 0 aromatic carbocycles. The summed E-state index contributed by atoms with van der Waals surface area (Å²) >= 11 is 6.30. The standard InChI is InChI=1S/C19H31ClF3NO3/c1-3-4-5-10-15(24-18(25)26-2)11-6-8-14-9-7-12-16(17(14)20)27-13-19(21,22)23/h15-16H,3-13H2,1-2H3,(H,24,25). The van der Waals surface area contributed by atoms with Gasteiger partial charge in [-0.1, -0.05) is 43.4 Å². The van der Waals surface area contributed by atoms with Gasteiger partial charge in [-0.3, -0.25) is 0 Å². The van der Waals surface area contributed by atoms with Crippen molar-refractivity contribution in [1.82, 2.24) is 5.32 Å². The largest absolute Gasteiger partial charge is 0.453 e. The molecule has 0 bridgehead atoms. The molecule has 0 saturated carbocycles. The van der Waals surface area contributed by atoms with Crippen LogP contribution in [0, 0.1) is 0 Å². The highest BCUT2D eigenvalue weighted by atomic mass is 35.5. The lowest BCUT2D eigenvalue weighted by atomic mass is 9.92. The molecule has 1 aliphatic rings. The van der Waals surface area contributed by atoms with E-state index in [2.05, 4.69) is 17.0 Å². The number of rotatable bonds is 11. The number of allylic oxidation sites excluding steroid dienone is 1. The number of carbonyl (C=O) groups is 1. The van der Waals surface area contributed by atoms with Gasteiger partial charge in [0.1, 0.15) is 6.61 Å². The van der Waals surface area contributed by atoms with Crippen LogP contribution in [-0.4, -0.2) is 38.1 Å². The highest BCUT2D eigenvalue weighted by molar-refractivity contribution is 6.30. The number of alkyl carbamates (subject to hydrolysis) is 1. The molecule has 0 heterocycles. The van der Waals surface area contributed by atoms with Crippen LogP contribution in [-0.2, 0) is 9.47 Å². The summed E-state index contributed by atoms with van der Waals surface area (Å²) in [4.78, 5) is 11.5. The zero-order chi connectivity index (χ0) is 20.3. The van der Waals surface area contributed by atoms with Crippen LogP contribution in [0.5, 0.6) is 0 Å². The van der Waals surface area contributed by atoms with Crippen molar-refractivity contribution >= 4 is 17.7 Å². The normalized spacial score (nSPS) is 19.1. The molecular formula is C19H31ClF3NO3. The smallest absolute Gasteiger partial charge is 0.411 e. The van der Waals surface area contributed by atoms with Crippen molar-refractivity contribution in [2.24, 2.45) is 0 Å². The molecule has 2 atom stereocenters. The van der Waals surface area contributed by atoms with E-state index in [-0.39, 0.29) is 6.04 Å². The van der Waals surface area contributed by atoms with Gasteiger partial charge >= 0.3 is 12.3 Å². The molecule has 1 N–H and O–H groups in total. The van der Waals surface area contributed by atoms with E-state index in [0.717, 1.165) is 56.9 Å². The quantitative estimate of drug-likeness (QED) is 0.417. The number of carbonyl (C=O) groups excluding carboxylic acids is 1. The second-order valence-electron chi connectivity index (χ2n) is 6.98. The minimum Gasteiger partial charge on any atom is -0.453 e. The van der Waals surface area contributed by atoms with Gasteiger partial charge in [0.15, 0.2) is 0 Å². The van der Waals surface area contributed by atoms with Crippen LogP contribution >= 0.6 is 11.6 Å². The molecule has 1 amide bonds. The summed E-state index contributed by atoms with van der Waals surface area (Å²) in [6, 6.07) is 0.0317. The predicted molar refractivity (Wildman–Crippen MR) is 99.8 cm³/mol. The Labute approximate surface area is 164 Å². The molecule has 158 valence electrons. The Kier molecular flexibility index (Phi) is 11.1. The molecule has 4 nitrogen and oxygen atoms in total. The van der Waals surface area contributed by atoms with Crippen molar-refractivity contribution in [2.45, 2.75) is 89.5 Å². The molecule has 0 spiro atoms. The van der Waals surface area contributed by atoms with Crippen molar-refractivity contribution < 1.29 is 27.4 Å². The third kappa shape index (κ3) is 10.2. The van der Waals surface area contributed by atoms with Crippen molar-refractivity contribution in [3.05, 3.63) is 10.6 Å². The Morgan fingerprint density at radius 1 is 1.30 bits per heavy atom. The molecule has 1 aliphatic carbocycles. The van der Waals surface area contributed by atoms with Crippen LogP contribution in [0.2, 0.25) is 0 Å². The van der Waals surface area contributed by atoms with E-state index < -0.39 is 25.0 Å². The Morgan fingerprint density at radius 2 is 2.00 bits per heavy atom. The summed E-state index contributed by atoms with van der Waals surface area (Å²) in [6.07, 6.45) is 3.04. The van der Waals surface area contributed by atoms with Gasteiger partial charge < -0.3 is 14.8 Å². The van der Waals surface area contributed by atoms with Crippen molar-refractivity contribution in [1.29, 1.82) is 0 Å².